The number of benzene rings is 1. The van der Waals surface area contributed by atoms with E-state index in [1.54, 1.807) is 4.90 Å². The molecule has 0 unspecified atom stereocenters. The smallest absolute Gasteiger partial charge is 0.256 e. The molecule has 18 heavy (non-hydrogen) atoms. The first-order valence-corrected chi connectivity index (χ1v) is 6.72. The number of rotatable bonds is 1. The molecule has 1 amide bonds. The molecule has 0 N–H and O–H groups in total. The predicted molar refractivity (Wildman–Crippen MR) is 75.7 cm³/mol. The molecule has 0 aromatic heterocycles. The lowest BCUT2D eigenvalue weighted by Crippen LogP contribution is -2.33. The molecule has 94 valence electrons. The Kier molecular flexibility index (Phi) is 2.63. The standard InChI is InChI=1S/C14H16N2OS/c1-9-5-6-11(10(2)8-9)16-13(17)12-4-3-7-15(12)14(16)18/h5-6,8,12H,3-4,7H2,1-2H3/t12-/m0/s1. The molecule has 3 rings (SSSR count). The summed E-state index contributed by atoms with van der Waals surface area (Å²) in [7, 11) is 0. The summed E-state index contributed by atoms with van der Waals surface area (Å²) in [6.45, 7) is 5.00. The highest BCUT2D eigenvalue weighted by molar-refractivity contribution is 7.80. The van der Waals surface area contributed by atoms with Crippen molar-refractivity contribution in [1.82, 2.24) is 4.90 Å². The Morgan fingerprint density at radius 1 is 1.33 bits per heavy atom. The minimum atomic E-state index is -0.0156. The lowest BCUT2D eigenvalue weighted by molar-refractivity contribution is -0.119. The van der Waals surface area contributed by atoms with Gasteiger partial charge in [-0.1, -0.05) is 17.7 Å². The first-order valence-electron chi connectivity index (χ1n) is 6.31. The minimum absolute atomic E-state index is 0.0156. The molecule has 1 aromatic rings. The summed E-state index contributed by atoms with van der Waals surface area (Å²) in [6.07, 6.45) is 2.00. The highest BCUT2D eigenvalue weighted by Gasteiger charge is 2.45. The van der Waals surface area contributed by atoms with Crippen molar-refractivity contribution in [3.63, 3.8) is 0 Å². The predicted octanol–water partition coefficient (Wildman–Crippen LogP) is 2.40. The van der Waals surface area contributed by atoms with Gasteiger partial charge >= 0.3 is 0 Å². The van der Waals surface area contributed by atoms with Gasteiger partial charge in [0.25, 0.3) is 5.91 Å². The molecule has 3 nitrogen and oxygen atoms in total. The van der Waals surface area contributed by atoms with Crippen molar-refractivity contribution in [3.05, 3.63) is 29.3 Å². The highest BCUT2D eigenvalue weighted by atomic mass is 32.1. The number of carbonyl (C=O) groups is 1. The van der Waals surface area contributed by atoms with Crippen LogP contribution in [0.1, 0.15) is 24.0 Å². The van der Waals surface area contributed by atoms with E-state index in [4.69, 9.17) is 12.2 Å². The second-order valence-electron chi connectivity index (χ2n) is 5.10. The van der Waals surface area contributed by atoms with Gasteiger partial charge in [0, 0.05) is 6.54 Å². The number of hydrogen-bond donors (Lipinski definition) is 0. The first-order chi connectivity index (χ1) is 8.59. The SMILES string of the molecule is Cc1ccc(N2C(=O)[C@@H]3CCCN3C2=S)c(C)c1. The number of hydrogen-bond acceptors (Lipinski definition) is 2. The molecule has 0 saturated carbocycles. The second kappa shape index (κ2) is 4.05. The Bertz CT molecular complexity index is 519. The molecular formula is C14H16N2OS. The third-order valence-corrected chi connectivity index (χ3v) is 4.21. The molecule has 0 spiro atoms. The van der Waals surface area contributed by atoms with Gasteiger partial charge in [-0.25, -0.2) is 0 Å². The van der Waals surface area contributed by atoms with E-state index in [0.717, 1.165) is 30.6 Å². The number of carbonyl (C=O) groups excluding carboxylic acids is 1. The van der Waals surface area contributed by atoms with Crippen LogP contribution in [-0.4, -0.2) is 28.5 Å². The summed E-state index contributed by atoms with van der Waals surface area (Å²) < 4.78 is 0. The Morgan fingerprint density at radius 3 is 2.78 bits per heavy atom. The van der Waals surface area contributed by atoms with Gasteiger partial charge < -0.3 is 4.90 Å². The van der Waals surface area contributed by atoms with Crippen LogP contribution >= 0.6 is 12.2 Å². The number of aryl methyl sites for hydroxylation is 2. The second-order valence-corrected chi connectivity index (χ2v) is 5.46. The van der Waals surface area contributed by atoms with E-state index in [1.165, 1.54) is 5.56 Å². The van der Waals surface area contributed by atoms with E-state index in [9.17, 15) is 4.79 Å². The largest absolute Gasteiger partial charge is 0.336 e. The van der Waals surface area contributed by atoms with Gasteiger partial charge in [0.2, 0.25) is 0 Å². The molecule has 2 saturated heterocycles. The molecule has 2 aliphatic rings. The maximum absolute atomic E-state index is 12.4. The molecule has 0 aliphatic carbocycles. The molecule has 0 bridgehead atoms. The topological polar surface area (TPSA) is 23.6 Å². The summed E-state index contributed by atoms with van der Waals surface area (Å²) in [4.78, 5) is 16.2. The lowest BCUT2D eigenvalue weighted by Gasteiger charge is -2.20. The number of thiocarbonyl (C=S) groups is 1. The molecule has 2 fully saturated rings. The maximum Gasteiger partial charge on any atom is 0.256 e. The van der Waals surface area contributed by atoms with Crippen molar-refractivity contribution in [2.24, 2.45) is 0 Å². The van der Waals surface area contributed by atoms with Crippen LogP contribution in [0.5, 0.6) is 0 Å². The quantitative estimate of drug-likeness (QED) is 0.724. The summed E-state index contributed by atoms with van der Waals surface area (Å²) >= 11 is 5.46. The normalized spacial score (nSPS) is 22.9. The summed E-state index contributed by atoms with van der Waals surface area (Å²) in [5.41, 5.74) is 3.24. The molecule has 2 heterocycles. The Balaban J connectivity index is 2.02. The number of fused-ring (bicyclic) bond motifs is 1. The number of anilines is 1. The van der Waals surface area contributed by atoms with Crippen molar-refractivity contribution < 1.29 is 4.79 Å². The van der Waals surface area contributed by atoms with Gasteiger partial charge in [-0.3, -0.25) is 9.69 Å². The minimum Gasteiger partial charge on any atom is -0.336 e. The Hall–Kier alpha value is -1.42. The van der Waals surface area contributed by atoms with Crippen molar-refractivity contribution in [2.75, 3.05) is 11.4 Å². The van der Waals surface area contributed by atoms with Gasteiger partial charge in [-0.15, -0.1) is 0 Å². The molecule has 1 atom stereocenters. The molecule has 2 aliphatic heterocycles. The fourth-order valence-electron chi connectivity index (χ4n) is 2.90. The fraction of sp³-hybridized carbons (Fsp3) is 0.429. The van der Waals surface area contributed by atoms with Crippen LogP contribution in [0.15, 0.2) is 18.2 Å². The van der Waals surface area contributed by atoms with E-state index >= 15 is 0 Å². The third kappa shape index (κ3) is 1.56. The molecule has 1 aromatic carbocycles. The van der Waals surface area contributed by atoms with Crippen molar-refractivity contribution >= 4 is 28.9 Å². The van der Waals surface area contributed by atoms with Crippen LogP contribution in [0, 0.1) is 13.8 Å². The summed E-state index contributed by atoms with van der Waals surface area (Å²) in [6, 6.07) is 6.10. The van der Waals surface area contributed by atoms with E-state index < -0.39 is 0 Å². The molecule has 4 heteroatoms. The van der Waals surface area contributed by atoms with Gasteiger partial charge in [-0.05, 0) is 50.5 Å². The van der Waals surface area contributed by atoms with Gasteiger partial charge in [0.15, 0.2) is 5.11 Å². The van der Waals surface area contributed by atoms with Crippen LogP contribution in [-0.2, 0) is 4.79 Å². The van der Waals surface area contributed by atoms with Crippen molar-refractivity contribution in [1.29, 1.82) is 0 Å². The van der Waals surface area contributed by atoms with E-state index in [2.05, 4.69) is 17.9 Å². The maximum atomic E-state index is 12.4. The van der Waals surface area contributed by atoms with Crippen molar-refractivity contribution in [2.45, 2.75) is 32.7 Å². The molecular weight excluding hydrogens is 244 g/mol. The van der Waals surface area contributed by atoms with E-state index in [-0.39, 0.29) is 11.9 Å². The Morgan fingerprint density at radius 2 is 2.11 bits per heavy atom. The summed E-state index contributed by atoms with van der Waals surface area (Å²) in [5.74, 6) is 0.143. The van der Waals surface area contributed by atoms with E-state index in [0.29, 0.717) is 5.11 Å². The van der Waals surface area contributed by atoms with Crippen molar-refractivity contribution in [3.8, 4) is 0 Å². The van der Waals surface area contributed by atoms with Gasteiger partial charge in [0.1, 0.15) is 6.04 Å². The molecule has 0 radical (unpaired) electrons. The van der Waals surface area contributed by atoms with Gasteiger partial charge in [0.05, 0.1) is 5.69 Å². The Labute approximate surface area is 112 Å². The lowest BCUT2D eigenvalue weighted by atomic mass is 10.1. The average Bonchev–Trinajstić information content (AvgIpc) is 2.87. The van der Waals surface area contributed by atoms with E-state index in [1.807, 2.05) is 19.1 Å². The van der Waals surface area contributed by atoms with Crippen LogP contribution in [0.3, 0.4) is 0 Å². The summed E-state index contributed by atoms with van der Waals surface area (Å²) in [5, 5.41) is 0.675. The monoisotopic (exact) mass is 260 g/mol. The zero-order chi connectivity index (χ0) is 12.9. The number of amides is 1. The fourth-order valence-corrected chi connectivity index (χ4v) is 3.31. The average molecular weight is 260 g/mol. The first kappa shape index (κ1) is 11.7. The third-order valence-electron chi connectivity index (χ3n) is 3.79. The van der Waals surface area contributed by atoms with Crippen LogP contribution < -0.4 is 4.90 Å². The van der Waals surface area contributed by atoms with Crippen LogP contribution in [0.25, 0.3) is 0 Å². The van der Waals surface area contributed by atoms with Crippen LogP contribution in [0.2, 0.25) is 0 Å². The zero-order valence-electron chi connectivity index (χ0n) is 10.6. The van der Waals surface area contributed by atoms with Crippen LogP contribution in [0.4, 0.5) is 5.69 Å². The zero-order valence-corrected chi connectivity index (χ0v) is 11.5. The van der Waals surface area contributed by atoms with Gasteiger partial charge in [-0.2, -0.15) is 0 Å². The number of nitrogens with zero attached hydrogens (tertiary/aromatic N) is 2. The highest BCUT2D eigenvalue weighted by Crippen LogP contribution is 2.33.